The molecule has 0 radical (unpaired) electrons. The zero-order valence-electron chi connectivity index (χ0n) is 12.5. The minimum atomic E-state index is -1.03. The maximum absolute atomic E-state index is 11.1. The van der Waals surface area contributed by atoms with Crippen LogP contribution >= 0.6 is 0 Å². The van der Waals surface area contributed by atoms with Gasteiger partial charge in [-0.15, -0.1) is 0 Å². The largest absolute Gasteiger partial charge is 0.487 e. The Labute approximate surface area is 133 Å². The van der Waals surface area contributed by atoms with E-state index in [1.165, 1.54) is 6.07 Å². The lowest BCUT2D eigenvalue weighted by atomic mass is 10.1. The molecule has 0 unspecified atom stereocenters. The second kappa shape index (κ2) is 6.18. The first-order valence-corrected chi connectivity index (χ1v) is 7.31. The highest BCUT2D eigenvalue weighted by atomic mass is 16.5. The number of nitrogens with zero attached hydrogens (tertiary/aromatic N) is 1. The van der Waals surface area contributed by atoms with E-state index in [1.807, 2.05) is 35.2 Å². The molecule has 2 aromatic carbocycles. The number of nitrogens with two attached hydrogens (primary N) is 1. The number of para-hydroxylation sites is 1. The average Bonchev–Trinajstić information content (AvgIpc) is 2.51. The molecule has 1 saturated heterocycles. The lowest BCUT2D eigenvalue weighted by molar-refractivity contribution is 0.0698. The Bertz CT molecular complexity index is 709. The first-order chi connectivity index (χ1) is 11.1. The smallest absolute Gasteiger partial charge is 0.337 e. The number of carbonyl (C=O) groups is 1. The monoisotopic (exact) mass is 314 g/mol. The lowest BCUT2D eigenvalue weighted by Gasteiger charge is -2.41. The highest BCUT2D eigenvalue weighted by Gasteiger charge is 2.30. The number of hydrogen-bond acceptors (Lipinski definition) is 5. The van der Waals surface area contributed by atoms with Crippen molar-refractivity contribution < 1.29 is 19.7 Å². The Kier molecular flexibility index (Phi) is 4.08. The summed E-state index contributed by atoms with van der Waals surface area (Å²) in [5.74, 6) is -0.277. The van der Waals surface area contributed by atoms with Crippen molar-refractivity contribution in [2.45, 2.75) is 12.7 Å². The molecule has 6 nitrogen and oxygen atoms in total. The van der Waals surface area contributed by atoms with E-state index in [9.17, 15) is 4.79 Å². The molecular formula is C17H18N2O4. The quantitative estimate of drug-likeness (QED) is 0.727. The number of nitrogen functional groups attached to an aromatic ring is 1. The molecule has 4 N–H and O–H groups in total. The topological polar surface area (TPSA) is 96.0 Å². The van der Waals surface area contributed by atoms with Gasteiger partial charge in [-0.2, -0.15) is 0 Å². The van der Waals surface area contributed by atoms with Crippen molar-refractivity contribution in [2.75, 3.05) is 23.7 Å². The first-order valence-electron chi connectivity index (χ1n) is 7.31. The van der Waals surface area contributed by atoms with Crippen LogP contribution in [-0.2, 0) is 6.61 Å². The number of ether oxygens (including phenoxy) is 1. The van der Waals surface area contributed by atoms with E-state index in [4.69, 9.17) is 20.7 Å². The number of aliphatic hydroxyl groups excluding tert-OH is 1. The van der Waals surface area contributed by atoms with E-state index in [-0.39, 0.29) is 24.0 Å². The molecule has 6 heteroatoms. The van der Waals surface area contributed by atoms with Crippen molar-refractivity contribution in [1.82, 2.24) is 0 Å². The molecule has 0 atom stereocenters. The number of carboxylic acids is 1. The molecule has 0 aromatic heterocycles. The zero-order chi connectivity index (χ0) is 16.4. The highest BCUT2D eigenvalue weighted by Crippen LogP contribution is 2.31. The minimum absolute atomic E-state index is 0.0106. The van der Waals surface area contributed by atoms with Gasteiger partial charge in [0, 0.05) is 0 Å². The van der Waals surface area contributed by atoms with Crippen molar-refractivity contribution >= 4 is 17.3 Å². The number of hydrogen-bond donors (Lipinski definition) is 3. The van der Waals surface area contributed by atoms with Crippen molar-refractivity contribution in [3.8, 4) is 5.75 Å². The Hall–Kier alpha value is -2.73. The van der Waals surface area contributed by atoms with Gasteiger partial charge in [0.15, 0.2) is 0 Å². The second-order valence-electron chi connectivity index (χ2n) is 5.49. The molecule has 0 amide bonds. The summed E-state index contributed by atoms with van der Waals surface area (Å²) in [4.78, 5) is 13.1. The molecule has 1 heterocycles. The summed E-state index contributed by atoms with van der Waals surface area (Å²) < 4.78 is 5.84. The third-order valence-electron chi connectivity index (χ3n) is 3.91. The van der Waals surface area contributed by atoms with Crippen LogP contribution in [0.2, 0.25) is 0 Å². The normalized spacial score (nSPS) is 14.4. The number of carboxylic acid groups (broad SMARTS) is 1. The van der Waals surface area contributed by atoms with Gasteiger partial charge in [-0.3, -0.25) is 0 Å². The highest BCUT2D eigenvalue weighted by molar-refractivity contribution is 5.97. The second-order valence-corrected chi connectivity index (χ2v) is 5.49. The maximum Gasteiger partial charge on any atom is 0.337 e. The fourth-order valence-electron chi connectivity index (χ4n) is 2.59. The molecule has 1 aliphatic rings. The van der Waals surface area contributed by atoms with Crippen LogP contribution in [0.5, 0.6) is 5.75 Å². The molecular weight excluding hydrogens is 296 g/mol. The van der Waals surface area contributed by atoms with E-state index < -0.39 is 5.97 Å². The summed E-state index contributed by atoms with van der Waals surface area (Å²) in [7, 11) is 0. The van der Waals surface area contributed by atoms with Crippen LogP contribution in [0.4, 0.5) is 11.4 Å². The van der Waals surface area contributed by atoms with Crippen LogP contribution in [0.15, 0.2) is 42.5 Å². The predicted octanol–water partition coefficient (Wildman–Crippen LogP) is 1.73. The molecule has 0 bridgehead atoms. The van der Waals surface area contributed by atoms with Crippen molar-refractivity contribution in [1.29, 1.82) is 0 Å². The lowest BCUT2D eigenvalue weighted by Crippen LogP contribution is -2.54. The summed E-state index contributed by atoms with van der Waals surface area (Å²) in [6.07, 6.45) is 0.0304. The van der Waals surface area contributed by atoms with Crippen molar-refractivity contribution in [3.63, 3.8) is 0 Å². The van der Waals surface area contributed by atoms with Gasteiger partial charge in [-0.25, -0.2) is 4.79 Å². The first kappa shape index (κ1) is 15.2. The standard InChI is InChI=1S/C17H18N2O4/c18-16-14(17(21)22)2-1-3-15(16)19-8-13(9-19)23-12-6-4-11(10-20)5-7-12/h1-7,13,20H,8-10,18H2,(H,21,22). The van der Waals surface area contributed by atoms with Crippen LogP contribution in [0.1, 0.15) is 15.9 Å². The molecule has 23 heavy (non-hydrogen) atoms. The van der Waals surface area contributed by atoms with Gasteiger partial charge in [0.1, 0.15) is 11.9 Å². The van der Waals surface area contributed by atoms with Crippen LogP contribution in [0.3, 0.4) is 0 Å². The number of aliphatic hydroxyl groups is 1. The van der Waals surface area contributed by atoms with Gasteiger partial charge in [0.2, 0.25) is 0 Å². The fraction of sp³-hybridized carbons (Fsp3) is 0.235. The Morgan fingerprint density at radius 3 is 2.52 bits per heavy atom. The summed E-state index contributed by atoms with van der Waals surface area (Å²) >= 11 is 0. The van der Waals surface area contributed by atoms with E-state index in [2.05, 4.69) is 0 Å². The molecule has 0 spiro atoms. The van der Waals surface area contributed by atoms with Crippen LogP contribution in [-0.4, -0.2) is 35.4 Å². The molecule has 3 rings (SSSR count). The molecule has 0 aliphatic carbocycles. The summed E-state index contributed by atoms with van der Waals surface area (Å²) in [6.45, 7) is 1.31. The molecule has 0 saturated carbocycles. The van der Waals surface area contributed by atoms with Gasteiger partial charge in [-0.05, 0) is 29.8 Å². The van der Waals surface area contributed by atoms with Gasteiger partial charge in [-0.1, -0.05) is 18.2 Å². The summed E-state index contributed by atoms with van der Waals surface area (Å²) in [5.41, 5.74) is 7.90. The fourth-order valence-corrected chi connectivity index (χ4v) is 2.59. The number of rotatable bonds is 5. The zero-order valence-corrected chi connectivity index (χ0v) is 12.5. The number of anilines is 2. The predicted molar refractivity (Wildman–Crippen MR) is 86.8 cm³/mol. The summed E-state index contributed by atoms with van der Waals surface area (Å²) in [6, 6.07) is 12.3. The Morgan fingerprint density at radius 2 is 1.91 bits per heavy atom. The van der Waals surface area contributed by atoms with Crippen LogP contribution in [0, 0.1) is 0 Å². The molecule has 120 valence electrons. The molecule has 1 aliphatic heterocycles. The Balaban J connectivity index is 1.62. The average molecular weight is 314 g/mol. The third kappa shape index (κ3) is 3.07. The summed E-state index contributed by atoms with van der Waals surface area (Å²) in [5, 5.41) is 18.1. The van der Waals surface area contributed by atoms with Gasteiger partial charge < -0.3 is 25.6 Å². The van der Waals surface area contributed by atoms with Crippen LogP contribution < -0.4 is 15.4 Å². The molecule has 2 aromatic rings. The Morgan fingerprint density at radius 1 is 1.22 bits per heavy atom. The van der Waals surface area contributed by atoms with E-state index in [0.29, 0.717) is 13.1 Å². The van der Waals surface area contributed by atoms with Gasteiger partial charge in [0.25, 0.3) is 0 Å². The number of aromatic carboxylic acids is 1. The van der Waals surface area contributed by atoms with Crippen molar-refractivity contribution in [3.05, 3.63) is 53.6 Å². The van der Waals surface area contributed by atoms with Crippen LogP contribution in [0.25, 0.3) is 0 Å². The minimum Gasteiger partial charge on any atom is -0.487 e. The number of benzene rings is 2. The maximum atomic E-state index is 11.1. The van der Waals surface area contributed by atoms with E-state index in [0.717, 1.165) is 17.0 Å². The molecule has 1 fully saturated rings. The van der Waals surface area contributed by atoms with Gasteiger partial charge in [0.05, 0.1) is 36.6 Å². The third-order valence-corrected chi connectivity index (χ3v) is 3.91. The van der Waals surface area contributed by atoms with Gasteiger partial charge >= 0.3 is 5.97 Å². The SMILES string of the molecule is Nc1c(C(=O)O)cccc1N1CC(Oc2ccc(CO)cc2)C1. The van der Waals surface area contributed by atoms with E-state index >= 15 is 0 Å². The van der Waals surface area contributed by atoms with Crippen molar-refractivity contribution in [2.24, 2.45) is 0 Å². The van der Waals surface area contributed by atoms with E-state index in [1.54, 1.807) is 6.07 Å².